The predicted molar refractivity (Wildman–Crippen MR) is 101 cm³/mol. The van der Waals surface area contributed by atoms with Gasteiger partial charge in [0.2, 0.25) is 0 Å². The third-order valence-electron chi connectivity index (χ3n) is 5.60. The van der Waals surface area contributed by atoms with E-state index in [1.807, 2.05) is 6.07 Å². The average molecular weight is 312 g/mol. The molecule has 0 aromatic heterocycles. The summed E-state index contributed by atoms with van der Waals surface area (Å²) >= 11 is 0. The molecule has 0 atom stereocenters. The fourth-order valence-electron chi connectivity index (χ4n) is 4.37. The maximum Gasteiger partial charge on any atom is 0.0535 e. The molecule has 0 fully saturated rings. The van der Waals surface area contributed by atoms with Crippen molar-refractivity contribution in [2.24, 2.45) is 0 Å². The summed E-state index contributed by atoms with van der Waals surface area (Å²) in [6, 6.07) is 21.8. The van der Waals surface area contributed by atoms with Crippen LogP contribution in [0.25, 0.3) is 11.1 Å². The van der Waals surface area contributed by atoms with Gasteiger partial charge in [0.15, 0.2) is 0 Å². The summed E-state index contributed by atoms with van der Waals surface area (Å²) in [5.41, 5.74) is 16.3. The van der Waals surface area contributed by atoms with Gasteiger partial charge in [-0.15, -0.1) is 0 Å². The number of nitrogens with zero attached hydrogens (tertiary/aromatic N) is 1. The van der Waals surface area contributed by atoms with Gasteiger partial charge in [0.1, 0.15) is 0 Å². The summed E-state index contributed by atoms with van der Waals surface area (Å²) in [6.45, 7) is 5.52. The van der Waals surface area contributed by atoms with Crippen molar-refractivity contribution in [3.05, 3.63) is 77.4 Å². The Hall–Kier alpha value is -2.74. The van der Waals surface area contributed by atoms with Crippen LogP contribution in [0.15, 0.2) is 60.7 Å². The van der Waals surface area contributed by atoms with Crippen LogP contribution in [0.3, 0.4) is 0 Å². The molecule has 2 aliphatic heterocycles. The number of para-hydroxylation sites is 1. The van der Waals surface area contributed by atoms with Crippen LogP contribution in [0.1, 0.15) is 30.5 Å². The van der Waals surface area contributed by atoms with E-state index in [9.17, 15) is 0 Å². The summed E-state index contributed by atoms with van der Waals surface area (Å²) in [6.07, 6.45) is 0. The zero-order valence-electron chi connectivity index (χ0n) is 14.0. The minimum Gasteiger partial charge on any atom is -0.399 e. The van der Waals surface area contributed by atoms with Crippen LogP contribution in [-0.2, 0) is 12.0 Å². The summed E-state index contributed by atoms with van der Waals surface area (Å²) in [4.78, 5) is 2.47. The number of fused-ring (bicyclic) bond motifs is 4. The summed E-state index contributed by atoms with van der Waals surface area (Å²) in [5.74, 6) is 0. The first-order valence-electron chi connectivity index (χ1n) is 8.47. The van der Waals surface area contributed by atoms with Crippen molar-refractivity contribution >= 4 is 17.1 Å². The lowest BCUT2D eigenvalue weighted by molar-refractivity contribution is 0.623. The second kappa shape index (κ2) is 4.41. The first-order valence-corrected chi connectivity index (χ1v) is 8.47. The quantitative estimate of drug-likeness (QED) is 0.576. The Balaban J connectivity index is 1.89. The Morgan fingerprint density at radius 3 is 2.54 bits per heavy atom. The molecule has 0 amide bonds. The van der Waals surface area contributed by atoms with Gasteiger partial charge in [0, 0.05) is 28.9 Å². The van der Waals surface area contributed by atoms with Gasteiger partial charge in [0.05, 0.1) is 5.69 Å². The van der Waals surface area contributed by atoms with Gasteiger partial charge in [-0.25, -0.2) is 0 Å². The van der Waals surface area contributed by atoms with Gasteiger partial charge in [-0.1, -0.05) is 56.3 Å². The number of nitrogen functional groups attached to an aromatic ring is 1. The van der Waals surface area contributed by atoms with Crippen molar-refractivity contribution in [1.82, 2.24) is 0 Å². The topological polar surface area (TPSA) is 29.3 Å². The summed E-state index contributed by atoms with van der Waals surface area (Å²) in [7, 11) is 0. The Labute approximate surface area is 142 Å². The third-order valence-corrected chi connectivity index (χ3v) is 5.60. The number of rotatable bonds is 0. The van der Waals surface area contributed by atoms with Crippen LogP contribution in [0, 0.1) is 0 Å². The molecule has 0 bridgehead atoms. The largest absolute Gasteiger partial charge is 0.399 e. The number of anilines is 3. The molecule has 2 N–H and O–H groups in total. The molecular formula is C22H20N2. The van der Waals surface area contributed by atoms with Crippen molar-refractivity contribution in [3.8, 4) is 11.1 Å². The maximum absolute atomic E-state index is 6.11. The van der Waals surface area contributed by atoms with E-state index >= 15 is 0 Å². The number of benzene rings is 3. The highest BCUT2D eigenvalue weighted by Gasteiger charge is 2.39. The highest BCUT2D eigenvalue weighted by Crippen LogP contribution is 2.55. The van der Waals surface area contributed by atoms with Gasteiger partial charge >= 0.3 is 0 Å². The molecule has 0 aliphatic carbocycles. The number of hydrogen-bond donors (Lipinski definition) is 1. The molecule has 3 aromatic rings. The van der Waals surface area contributed by atoms with Gasteiger partial charge < -0.3 is 10.6 Å². The zero-order valence-corrected chi connectivity index (χ0v) is 14.0. The van der Waals surface area contributed by atoms with Crippen LogP contribution in [0.5, 0.6) is 0 Å². The van der Waals surface area contributed by atoms with Crippen LogP contribution < -0.4 is 10.6 Å². The second-order valence-corrected chi connectivity index (χ2v) is 7.35. The van der Waals surface area contributed by atoms with Crippen molar-refractivity contribution in [1.29, 1.82) is 0 Å². The Morgan fingerprint density at radius 1 is 0.875 bits per heavy atom. The standard InChI is InChI=1S/C22H20N2/c1-22(2)18-9-5-8-17-16-7-4-3-6-14(16)13-24(21(17)18)20-11-10-15(23)12-19(20)22/h3-12H,13,23H2,1-2H3. The highest BCUT2D eigenvalue weighted by atomic mass is 15.2. The molecule has 2 heteroatoms. The van der Waals surface area contributed by atoms with E-state index in [4.69, 9.17) is 5.73 Å². The Bertz CT molecular complexity index is 985. The second-order valence-electron chi connectivity index (χ2n) is 7.35. The molecule has 3 aromatic carbocycles. The Morgan fingerprint density at radius 2 is 1.67 bits per heavy atom. The predicted octanol–water partition coefficient (Wildman–Crippen LogP) is 5.23. The van der Waals surface area contributed by atoms with Crippen molar-refractivity contribution in [2.45, 2.75) is 25.8 Å². The molecule has 0 spiro atoms. The molecule has 0 saturated heterocycles. The van der Waals surface area contributed by atoms with E-state index in [2.05, 4.69) is 73.3 Å². The van der Waals surface area contributed by atoms with Crippen LogP contribution in [0.4, 0.5) is 17.1 Å². The Kier molecular flexibility index (Phi) is 2.52. The van der Waals surface area contributed by atoms with Gasteiger partial charge in [-0.2, -0.15) is 0 Å². The monoisotopic (exact) mass is 312 g/mol. The fraction of sp³-hybridized carbons (Fsp3) is 0.182. The molecule has 2 heterocycles. The smallest absolute Gasteiger partial charge is 0.0535 e. The minimum absolute atomic E-state index is 0.0567. The number of hydrogen-bond acceptors (Lipinski definition) is 2. The van der Waals surface area contributed by atoms with Crippen molar-refractivity contribution in [3.63, 3.8) is 0 Å². The van der Waals surface area contributed by atoms with Gasteiger partial charge in [-0.3, -0.25) is 0 Å². The maximum atomic E-state index is 6.11. The van der Waals surface area contributed by atoms with E-state index in [0.29, 0.717) is 0 Å². The fourth-order valence-corrected chi connectivity index (χ4v) is 4.37. The van der Waals surface area contributed by atoms with Crippen LogP contribution in [0.2, 0.25) is 0 Å². The molecule has 118 valence electrons. The van der Waals surface area contributed by atoms with E-state index in [1.165, 1.54) is 39.2 Å². The highest BCUT2D eigenvalue weighted by molar-refractivity contribution is 5.93. The van der Waals surface area contributed by atoms with Crippen molar-refractivity contribution < 1.29 is 0 Å². The lowest BCUT2D eigenvalue weighted by Gasteiger charge is -2.45. The van der Waals surface area contributed by atoms with E-state index in [1.54, 1.807) is 0 Å². The first-order chi connectivity index (χ1) is 11.6. The van der Waals surface area contributed by atoms with Gasteiger partial charge in [0.25, 0.3) is 0 Å². The van der Waals surface area contributed by atoms with Crippen LogP contribution in [-0.4, -0.2) is 0 Å². The molecule has 0 unspecified atom stereocenters. The molecule has 0 radical (unpaired) electrons. The SMILES string of the molecule is CC1(C)c2cc(N)ccc2N2Cc3ccccc3-c3cccc1c32. The molecule has 5 rings (SSSR count). The lowest BCUT2D eigenvalue weighted by atomic mass is 9.71. The molecule has 0 saturated carbocycles. The normalized spacial score (nSPS) is 16.2. The molecular weight excluding hydrogens is 292 g/mol. The molecule has 2 nitrogen and oxygen atoms in total. The number of nitrogens with two attached hydrogens (primary N) is 1. The minimum atomic E-state index is -0.0567. The summed E-state index contributed by atoms with van der Waals surface area (Å²) in [5, 5.41) is 0. The zero-order chi connectivity index (χ0) is 16.5. The molecule has 2 aliphatic rings. The van der Waals surface area contributed by atoms with Crippen LogP contribution >= 0.6 is 0 Å². The van der Waals surface area contributed by atoms with E-state index in [-0.39, 0.29) is 5.41 Å². The summed E-state index contributed by atoms with van der Waals surface area (Å²) < 4.78 is 0. The van der Waals surface area contributed by atoms with E-state index < -0.39 is 0 Å². The van der Waals surface area contributed by atoms with Gasteiger partial charge in [-0.05, 0) is 40.5 Å². The van der Waals surface area contributed by atoms with Crippen molar-refractivity contribution in [2.75, 3.05) is 10.6 Å². The lowest BCUT2D eigenvalue weighted by Crippen LogP contribution is -2.34. The molecule has 24 heavy (non-hydrogen) atoms. The first kappa shape index (κ1) is 13.7. The third kappa shape index (κ3) is 1.60. The average Bonchev–Trinajstić information content (AvgIpc) is 2.59. The van der Waals surface area contributed by atoms with E-state index in [0.717, 1.165) is 12.2 Å².